The van der Waals surface area contributed by atoms with Gasteiger partial charge in [-0.25, -0.2) is 0 Å². The fraction of sp³-hybridized carbons (Fsp3) is 0.200. The number of Topliss-reactive ketones (excluding diaryl/α,β-unsaturated/α-hetero) is 1. The van der Waals surface area contributed by atoms with Crippen LogP contribution < -0.4 is 20.5 Å². The molecule has 0 aliphatic carbocycles. The topological polar surface area (TPSA) is 112 Å². The zero-order chi connectivity index (χ0) is 20.1. The molecule has 8 nitrogen and oxygen atoms in total. The van der Waals surface area contributed by atoms with E-state index in [0.717, 1.165) is 11.3 Å². The molecule has 0 saturated carbocycles. The van der Waals surface area contributed by atoms with E-state index in [0.29, 0.717) is 28.8 Å². The van der Waals surface area contributed by atoms with Crippen molar-refractivity contribution in [2.45, 2.75) is 20.5 Å². The minimum absolute atomic E-state index is 0.0537. The van der Waals surface area contributed by atoms with Gasteiger partial charge in [-0.3, -0.25) is 4.79 Å². The monoisotopic (exact) mass is 379 g/mol. The first kappa shape index (κ1) is 19.1. The second-order valence-electron chi connectivity index (χ2n) is 6.08. The zero-order valence-corrected chi connectivity index (χ0v) is 15.9. The van der Waals surface area contributed by atoms with Crippen molar-refractivity contribution in [1.29, 1.82) is 0 Å². The van der Waals surface area contributed by atoms with Crippen LogP contribution in [0.4, 0.5) is 17.6 Å². The first-order valence-corrected chi connectivity index (χ1v) is 8.61. The number of carbonyl (C=O) groups is 1. The van der Waals surface area contributed by atoms with Crippen LogP contribution in [0.1, 0.15) is 28.7 Å². The van der Waals surface area contributed by atoms with Crippen LogP contribution in [0.25, 0.3) is 0 Å². The average Bonchev–Trinajstić information content (AvgIpc) is 2.67. The molecule has 3 aromatic rings. The van der Waals surface area contributed by atoms with Crippen molar-refractivity contribution >= 4 is 23.4 Å². The molecule has 0 aliphatic rings. The van der Waals surface area contributed by atoms with E-state index in [-0.39, 0.29) is 18.3 Å². The van der Waals surface area contributed by atoms with Gasteiger partial charge in [0.25, 0.3) is 0 Å². The number of aromatic nitrogens is 3. The molecule has 0 aliphatic heterocycles. The fourth-order valence-corrected chi connectivity index (χ4v) is 2.54. The second kappa shape index (κ2) is 8.34. The van der Waals surface area contributed by atoms with Gasteiger partial charge in [0.15, 0.2) is 23.1 Å². The van der Waals surface area contributed by atoms with E-state index in [1.54, 1.807) is 18.2 Å². The Bertz CT molecular complexity index is 1010. The van der Waals surface area contributed by atoms with Gasteiger partial charge in [0.1, 0.15) is 6.61 Å². The molecule has 144 valence electrons. The first-order chi connectivity index (χ1) is 13.5. The number of para-hydroxylation sites is 1. The van der Waals surface area contributed by atoms with Crippen LogP contribution in [0.3, 0.4) is 0 Å². The number of methoxy groups -OCH3 is 1. The first-order valence-electron chi connectivity index (χ1n) is 8.61. The summed E-state index contributed by atoms with van der Waals surface area (Å²) in [5.74, 6) is 1.65. The maximum absolute atomic E-state index is 11.5. The van der Waals surface area contributed by atoms with E-state index in [4.69, 9.17) is 15.2 Å². The third kappa shape index (κ3) is 4.53. The molecule has 3 N–H and O–H groups in total. The standard InChI is InChI=1S/C20H21N5O3/c1-12-6-4-5-7-15(12)22-20-24-18(23-19(21)25-20)11-28-16-9-8-14(13(2)26)10-17(16)27-3/h4-10H,11H2,1-3H3,(H3,21,22,23,24,25). The lowest BCUT2D eigenvalue weighted by Crippen LogP contribution is -2.10. The molecule has 0 bridgehead atoms. The number of carbonyl (C=O) groups excluding carboxylic acids is 1. The second-order valence-corrected chi connectivity index (χ2v) is 6.08. The Morgan fingerprint density at radius 1 is 1.11 bits per heavy atom. The summed E-state index contributed by atoms with van der Waals surface area (Å²) in [7, 11) is 1.51. The van der Waals surface area contributed by atoms with Gasteiger partial charge in [0.05, 0.1) is 7.11 Å². The summed E-state index contributed by atoms with van der Waals surface area (Å²) in [6.45, 7) is 3.53. The maximum Gasteiger partial charge on any atom is 0.232 e. The molecule has 8 heteroatoms. The molecule has 1 aromatic heterocycles. The minimum Gasteiger partial charge on any atom is -0.493 e. The molecule has 0 saturated heterocycles. The van der Waals surface area contributed by atoms with Crippen molar-refractivity contribution in [3.05, 3.63) is 59.4 Å². The number of anilines is 3. The molecule has 3 rings (SSSR count). The smallest absolute Gasteiger partial charge is 0.232 e. The molecular weight excluding hydrogens is 358 g/mol. The summed E-state index contributed by atoms with van der Waals surface area (Å²) in [6, 6.07) is 12.7. The van der Waals surface area contributed by atoms with Gasteiger partial charge in [-0.2, -0.15) is 15.0 Å². The summed E-state index contributed by atoms with van der Waals surface area (Å²) in [6.07, 6.45) is 0. The Hall–Kier alpha value is -3.68. The Labute approximate surface area is 162 Å². The summed E-state index contributed by atoms with van der Waals surface area (Å²) in [5.41, 5.74) is 8.28. The molecule has 0 amide bonds. The predicted molar refractivity (Wildman–Crippen MR) is 106 cm³/mol. The van der Waals surface area contributed by atoms with E-state index in [1.165, 1.54) is 14.0 Å². The fourth-order valence-electron chi connectivity index (χ4n) is 2.54. The van der Waals surface area contributed by atoms with Crippen molar-refractivity contribution in [2.24, 2.45) is 0 Å². The molecule has 1 heterocycles. The van der Waals surface area contributed by atoms with Crippen molar-refractivity contribution < 1.29 is 14.3 Å². The number of ether oxygens (including phenoxy) is 2. The molecular formula is C20H21N5O3. The van der Waals surface area contributed by atoms with Crippen molar-refractivity contribution in [3.63, 3.8) is 0 Å². The largest absolute Gasteiger partial charge is 0.493 e. The lowest BCUT2D eigenvalue weighted by atomic mass is 10.1. The SMILES string of the molecule is COc1cc(C(C)=O)ccc1OCc1nc(N)nc(Nc2ccccc2C)n1. The van der Waals surface area contributed by atoms with Crippen LogP contribution >= 0.6 is 0 Å². The number of nitrogen functional groups attached to an aromatic ring is 1. The lowest BCUT2D eigenvalue weighted by Gasteiger charge is -2.12. The normalized spacial score (nSPS) is 10.4. The third-order valence-corrected chi connectivity index (χ3v) is 4.02. The number of hydrogen-bond acceptors (Lipinski definition) is 8. The van der Waals surface area contributed by atoms with E-state index in [2.05, 4.69) is 20.3 Å². The molecule has 0 unspecified atom stereocenters. The molecule has 28 heavy (non-hydrogen) atoms. The van der Waals surface area contributed by atoms with Gasteiger partial charge in [0.2, 0.25) is 11.9 Å². The van der Waals surface area contributed by atoms with E-state index < -0.39 is 0 Å². The Kier molecular flexibility index (Phi) is 5.69. The summed E-state index contributed by atoms with van der Waals surface area (Å²) < 4.78 is 11.1. The predicted octanol–water partition coefficient (Wildman–Crippen LogP) is 3.30. The molecule has 0 radical (unpaired) electrons. The number of nitrogens with one attached hydrogen (secondary N) is 1. The maximum atomic E-state index is 11.5. The van der Waals surface area contributed by atoms with Gasteiger partial charge in [-0.05, 0) is 43.7 Å². The summed E-state index contributed by atoms with van der Waals surface area (Å²) in [4.78, 5) is 24.1. The number of nitrogens with two attached hydrogens (primary N) is 1. The van der Waals surface area contributed by atoms with Crippen LogP contribution in [0.15, 0.2) is 42.5 Å². The van der Waals surface area contributed by atoms with Crippen LogP contribution in [0.2, 0.25) is 0 Å². The average molecular weight is 379 g/mol. The summed E-state index contributed by atoms with van der Waals surface area (Å²) >= 11 is 0. The van der Waals surface area contributed by atoms with Gasteiger partial charge in [0, 0.05) is 11.3 Å². The van der Waals surface area contributed by atoms with Gasteiger partial charge >= 0.3 is 0 Å². The highest BCUT2D eigenvalue weighted by molar-refractivity contribution is 5.94. The van der Waals surface area contributed by atoms with Gasteiger partial charge in [-0.15, -0.1) is 0 Å². The Morgan fingerprint density at radius 2 is 1.89 bits per heavy atom. The molecule has 0 spiro atoms. The van der Waals surface area contributed by atoms with Gasteiger partial charge < -0.3 is 20.5 Å². The Morgan fingerprint density at radius 3 is 2.61 bits per heavy atom. The van der Waals surface area contributed by atoms with E-state index in [1.807, 2.05) is 31.2 Å². The number of rotatable bonds is 7. The number of aryl methyl sites for hydroxylation is 1. The highest BCUT2D eigenvalue weighted by Gasteiger charge is 2.11. The third-order valence-electron chi connectivity index (χ3n) is 4.02. The number of hydrogen-bond donors (Lipinski definition) is 2. The molecule has 0 fully saturated rings. The molecule has 2 aromatic carbocycles. The highest BCUT2D eigenvalue weighted by atomic mass is 16.5. The van der Waals surface area contributed by atoms with Crippen molar-refractivity contribution in [1.82, 2.24) is 15.0 Å². The van der Waals surface area contributed by atoms with Crippen LogP contribution in [0, 0.1) is 6.92 Å². The van der Waals surface area contributed by atoms with Crippen molar-refractivity contribution in [3.8, 4) is 11.5 Å². The zero-order valence-electron chi connectivity index (χ0n) is 15.9. The summed E-state index contributed by atoms with van der Waals surface area (Å²) in [5, 5.41) is 3.13. The number of nitrogens with zero attached hydrogens (tertiary/aromatic N) is 3. The number of ketones is 1. The highest BCUT2D eigenvalue weighted by Crippen LogP contribution is 2.29. The quantitative estimate of drug-likeness (QED) is 0.601. The number of benzene rings is 2. The minimum atomic E-state index is -0.0537. The van der Waals surface area contributed by atoms with Crippen LogP contribution in [-0.4, -0.2) is 27.8 Å². The lowest BCUT2D eigenvalue weighted by molar-refractivity contribution is 0.101. The van der Waals surface area contributed by atoms with Crippen LogP contribution in [-0.2, 0) is 6.61 Å². The Balaban J connectivity index is 1.77. The molecule has 0 atom stereocenters. The van der Waals surface area contributed by atoms with E-state index in [9.17, 15) is 4.79 Å². The van der Waals surface area contributed by atoms with Gasteiger partial charge in [-0.1, -0.05) is 18.2 Å². The van der Waals surface area contributed by atoms with Crippen LogP contribution in [0.5, 0.6) is 11.5 Å². The van der Waals surface area contributed by atoms with Crippen molar-refractivity contribution in [2.75, 3.05) is 18.2 Å². The van der Waals surface area contributed by atoms with E-state index >= 15 is 0 Å².